The lowest BCUT2D eigenvalue weighted by molar-refractivity contribution is -0.147. The molecule has 0 aromatic heterocycles. The number of nitrogens with one attached hydrogen (secondary N) is 1. The number of hydrogen-bond acceptors (Lipinski definition) is 4. The van der Waals surface area contributed by atoms with Crippen LogP contribution >= 0.6 is 11.8 Å². The summed E-state index contributed by atoms with van der Waals surface area (Å²) in [5.41, 5.74) is -0.262. The molecule has 0 unspecified atom stereocenters. The molecule has 1 N–H and O–H groups in total. The number of carbonyl (C=O) groups is 1. The maximum atomic E-state index is 12.7. The number of carbonyl (C=O) groups excluding carboxylic acids is 1. The third-order valence-corrected chi connectivity index (χ3v) is 4.68. The molecule has 0 saturated carbocycles. The average molecular weight is 258 g/mol. The van der Waals surface area contributed by atoms with Crippen LogP contribution in [0.2, 0.25) is 0 Å². The van der Waals surface area contributed by atoms with Crippen LogP contribution in [0.1, 0.15) is 12.8 Å². The Morgan fingerprint density at radius 2 is 2.00 bits per heavy atom. The number of rotatable bonds is 3. The average Bonchev–Trinajstić information content (AvgIpc) is 2.40. The smallest absolute Gasteiger partial charge is 0.231 e. The highest BCUT2D eigenvalue weighted by molar-refractivity contribution is 7.99. The number of amides is 1. The minimum atomic E-state index is -0.262. The van der Waals surface area contributed by atoms with Crippen LogP contribution in [0.15, 0.2) is 0 Å². The van der Waals surface area contributed by atoms with Crippen molar-refractivity contribution in [3.63, 3.8) is 0 Å². The lowest BCUT2D eigenvalue weighted by Gasteiger charge is -2.40. The first-order valence-corrected chi connectivity index (χ1v) is 7.51. The first-order chi connectivity index (χ1) is 8.28. The van der Waals surface area contributed by atoms with Gasteiger partial charge in [-0.3, -0.25) is 4.79 Å². The zero-order chi connectivity index (χ0) is 12.1. The molecule has 98 valence electrons. The van der Waals surface area contributed by atoms with Gasteiger partial charge in [-0.15, -0.1) is 0 Å². The van der Waals surface area contributed by atoms with Crippen LogP contribution in [0, 0.1) is 5.41 Å². The summed E-state index contributed by atoms with van der Waals surface area (Å²) in [4.78, 5) is 14.7. The number of thioether (sulfide) groups is 1. The standard InChI is InChI=1S/C12H22N2O2S/c1-16-10-12(2-4-13-5-3-12)11(15)14-6-8-17-9-7-14/h13H,2-10H2,1H3. The van der Waals surface area contributed by atoms with Gasteiger partial charge in [0.05, 0.1) is 12.0 Å². The molecule has 17 heavy (non-hydrogen) atoms. The van der Waals surface area contributed by atoms with Gasteiger partial charge in [-0.1, -0.05) is 0 Å². The van der Waals surface area contributed by atoms with E-state index in [1.54, 1.807) is 7.11 Å². The zero-order valence-electron chi connectivity index (χ0n) is 10.5. The van der Waals surface area contributed by atoms with Crippen molar-refractivity contribution in [1.82, 2.24) is 10.2 Å². The molecule has 2 aliphatic rings. The van der Waals surface area contributed by atoms with E-state index in [1.165, 1.54) is 0 Å². The highest BCUT2D eigenvalue weighted by Gasteiger charge is 2.42. The van der Waals surface area contributed by atoms with Crippen LogP contribution in [0.3, 0.4) is 0 Å². The summed E-state index contributed by atoms with van der Waals surface area (Å²) in [6.07, 6.45) is 1.81. The minimum Gasteiger partial charge on any atom is -0.384 e. The third kappa shape index (κ3) is 2.95. The summed E-state index contributed by atoms with van der Waals surface area (Å²) in [5, 5.41) is 3.33. The highest BCUT2D eigenvalue weighted by Crippen LogP contribution is 2.32. The summed E-state index contributed by atoms with van der Waals surface area (Å²) < 4.78 is 5.32. The SMILES string of the molecule is COCC1(C(=O)N2CCSCC2)CCNCC1. The largest absolute Gasteiger partial charge is 0.384 e. The van der Waals surface area contributed by atoms with E-state index in [4.69, 9.17) is 4.74 Å². The second-order valence-corrected chi connectivity index (χ2v) is 6.09. The minimum absolute atomic E-state index is 0.262. The molecule has 0 aromatic rings. The molecule has 2 fully saturated rings. The molecule has 2 heterocycles. The van der Waals surface area contributed by atoms with Crippen molar-refractivity contribution in [3.05, 3.63) is 0 Å². The Labute approximate surface area is 107 Å². The third-order valence-electron chi connectivity index (χ3n) is 3.73. The summed E-state index contributed by atoms with van der Waals surface area (Å²) in [5.74, 6) is 2.47. The van der Waals surface area contributed by atoms with Crippen LogP contribution in [-0.2, 0) is 9.53 Å². The summed E-state index contributed by atoms with van der Waals surface area (Å²) in [7, 11) is 1.70. The van der Waals surface area contributed by atoms with Gasteiger partial charge in [0.15, 0.2) is 0 Å². The molecule has 0 spiro atoms. The monoisotopic (exact) mass is 258 g/mol. The van der Waals surface area contributed by atoms with Crippen LogP contribution in [-0.4, -0.2) is 62.2 Å². The Balaban J connectivity index is 2.05. The first-order valence-electron chi connectivity index (χ1n) is 6.35. The summed E-state index contributed by atoms with van der Waals surface area (Å²) in [6.45, 7) is 4.23. The van der Waals surface area contributed by atoms with E-state index < -0.39 is 0 Å². The van der Waals surface area contributed by atoms with Gasteiger partial charge in [-0.2, -0.15) is 11.8 Å². The van der Waals surface area contributed by atoms with Crippen LogP contribution < -0.4 is 5.32 Å². The maximum absolute atomic E-state index is 12.7. The second kappa shape index (κ2) is 6.07. The first kappa shape index (κ1) is 13.2. The summed E-state index contributed by atoms with van der Waals surface area (Å²) in [6, 6.07) is 0. The molecular weight excluding hydrogens is 236 g/mol. The fraction of sp³-hybridized carbons (Fsp3) is 0.917. The lowest BCUT2D eigenvalue weighted by atomic mass is 9.78. The topological polar surface area (TPSA) is 41.6 Å². The Hall–Kier alpha value is -0.260. The van der Waals surface area contributed by atoms with E-state index in [-0.39, 0.29) is 5.41 Å². The van der Waals surface area contributed by atoms with E-state index in [2.05, 4.69) is 5.32 Å². The van der Waals surface area contributed by atoms with Crippen molar-refractivity contribution in [2.75, 3.05) is 51.4 Å². The molecule has 0 aliphatic carbocycles. The molecule has 2 aliphatic heterocycles. The summed E-state index contributed by atoms with van der Waals surface area (Å²) >= 11 is 1.94. The normalized spacial score (nSPS) is 24.6. The molecule has 2 rings (SSSR count). The van der Waals surface area contributed by atoms with Gasteiger partial charge in [-0.25, -0.2) is 0 Å². The van der Waals surface area contributed by atoms with Crippen molar-refractivity contribution >= 4 is 17.7 Å². The Bertz CT molecular complexity index is 256. The van der Waals surface area contributed by atoms with Gasteiger partial charge in [-0.05, 0) is 25.9 Å². The van der Waals surface area contributed by atoms with E-state index >= 15 is 0 Å². The Morgan fingerprint density at radius 1 is 1.35 bits per heavy atom. The van der Waals surface area contributed by atoms with Crippen LogP contribution in [0.25, 0.3) is 0 Å². The molecule has 0 atom stereocenters. The van der Waals surface area contributed by atoms with Crippen molar-refractivity contribution in [3.8, 4) is 0 Å². The molecule has 0 radical (unpaired) electrons. The van der Waals surface area contributed by atoms with Gasteiger partial charge in [0.25, 0.3) is 0 Å². The quantitative estimate of drug-likeness (QED) is 0.804. The number of nitrogens with zero attached hydrogens (tertiary/aromatic N) is 1. The highest BCUT2D eigenvalue weighted by atomic mass is 32.2. The van der Waals surface area contributed by atoms with E-state index in [0.29, 0.717) is 12.5 Å². The second-order valence-electron chi connectivity index (χ2n) is 4.87. The van der Waals surface area contributed by atoms with Gasteiger partial charge in [0, 0.05) is 31.7 Å². The van der Waals surface area contributed by atoms with E-state index in [0.717, 1.165) is 50.5 Å². The Kier molecular flexibility index (Phi) is 4.70. The van der Waals surface area contributed by atoms with Crippen molar-refractivity contribution in [2.24, 2.45) is 5.41 Å². The Morgan fingerprint density at radius 3 is 2.59 bits per heavy atom. The van der Waals surface area contributed by atoms with Gasteiger partial charge in [0.2, 0.25) is 5.91 Å². The van der Waals surface area contributed by atoms with E-state index in [9.17, 15) is 4.79 Å². The molecular formula is C12H22N2O2S. The molecule has 4 nitrogen and oxygen atoms in total. The van der Waals surface area contributed by atoms with Gasteiger partial charge < -0.3 is 15.0 Å². The molecule has 5 heteroatoms. The molecule has 0 aromatic carbocycles. The number of methoxy groups -OCH3 is 1. The number of ether oxygens (including phenoxy) is 1. The molecule has 0 bridgehead atoms. The molecule has 2 saturated heterocycles. The predicted molar refractivity (Wildman–Crippen MR) is 70.3 cm³/mol. The maximum Gasteiger partial charge on any atom is 0.231 e. The van der Waals surface area contributed by atoms with Gasteiger partial charge in [0.1, 0.15) is 0 Å². The predicted octanol–water partition coefficient (Wildman–Crippen LogP) is 0.578. The van der Waals surface area contributed by atoms with Gasteiger partial charge >= 0.3 is 0 Å². The molecule has 1 amide bonds. The van der Waals surface area contributed by atoms with Crippen LogP contribution in [0.5, 0.6) is 0 Å². The lowest BCUT2D eigenvalue weighted by Crippen LogP contribution is -2.53. The fourth-order valence-corrected chi connectivity index (χ4v) is 3.61. The number of piperidine rings is 1. The van der Waals surface area contributed by atoms with E-state index in [1.807, 2.05) is 16.7 Å². The zero-order valence-corrected chi connectivity index (χ0v) is 11.4. The van der Waals surface area contributed by atoms with Crippen molar-refractivity contribution in [1.29, 1.82) is 0 Å². The van der Waals surface area contributed by atoms with Crippen molar-refractivity contribution < 1.29 is 9.53 Å². The fourth-order valence-electron chi connectivity index (χ4n) is 2.70. The van der Waals surface area contributed by atoms with Crippen LogP contribution in [0.4, 0.5) is 0 Å². The van der Waals surface area contributed by atoms with Crippen molar-refractivity contribution in [2.45, 2.75) is 12.8 Å². The number of hydrogen-bond donors (Lipinski definition) is 1.